The fourth-order valence-corrected chi connectivity index (χ4v) is 2.14. The summed E-state index contributed by atoms with van der Waals surface area (Å²) >= 11 is 0. The van der Waals surface area contributed by atoms with E-state index in [1.807, 2.05) is 6.92 Å². The molecular formula is C12H23N3O2. The molecule has 1 fully saturated rings. The summed E-state index contributed by atoms with van der Waals surface area (Å²) in [5.74, 6) is -0.265. The summed E-state index contributed by atoms with van der Waals surface area (Å²) < 4.78 is 0. The van der Waals surface area contributed by atoms with Gasteiger partial charge in [0.05, 0.1) is 6.54 Å². The lowest BCUT2D eigenvalue weighted by Gasteiger charge is -2.22. The molecule has 0 aromatic rings. The lowest BCUT2D eigenvalue weighted by Crippen LogP contribution is -2.44. The van der Waals surface area contributed by atoms with Crippen molar-refractivity contribution >= 4 is 11.8 Å². The summed E-state index contributed by atoms with van der Waals surface area (Å²) in [5.41, 5.74) is 5.74. The van der Waals surface area contributed by atoms with Crippen LogP contribution in [0, 0.1) is 0 Å². The van der Waals surface area contributed by atoms with E-state index in [-0.39, 0.29) is 23.9 Å². The van der Waals surface area contributed by atoms with E-state index in [0.717, 1.165) is 32.1 Å². The fourth-order valence-electron chi connectivity index (χ4n) is 2.14. The van der Waals surface area contributed by atoms with Crippen molar-refractivity contribution in [3.8, 4) is 0 Å². The quantitative estimate of drug-likeness (QED) is 0.625. The second-order valence-corrected chi connectivity index (χ2v) is 4.87. The van der Waals surface area contributed by atoms with Crippen molar-refractivity contribution in [2.75, 3.05) is 13.1 Å². The van der Waals surface area contributed by atoms with Crippen LogP contribution in [0.5, 0.6) is 0 Å². The maximum absolute atomic E-state index is 11.6. The van der Waals surface area contributed by atoms with Gasteiger partial charge < -0.3 is 16.4 Å². The molecule has 17 heavy (non-hydrogen) atoms. The highest BCUT2D eigenvalue weighted by molar-refractivity contribution is 5.85. The smallest absolute Gasteiger partial charge is 0.239 e. The highest BCUT2D eigenvalue weighted by Gasteiger charge is 2.31. The average molecular weight is 241 g/mol. The molecule has 0 aromatic heterocycles. The van der Waals surface area contributed by atoms with Gasteiger partial charge in [-0.1, -0.05) is 19.8 Å². The first-order chi connectivity index (χ1) is 8.06. The standard InChI is InChI=1S/C12H23N3O2/c1-2-7-14-11(17)9-15-10(16)8-12(13)5-3-4-6-12/h2-9,13H2,1H3,(H,14,17)(H,15,16). The number of hydrogen-bond donors (Lipinski definition) is 3. The van der Waals surface area contributed by atoms with Crippen LogP contribution in [-0.2, 0) is 9.59 Å². The van der Waals surface area contributed by atoms with Crippen molar-refractivity contribution in [1.29, 1.82) is 0 Å². The Balaban J connectivity index is 2.18. The van der Waals surface area contributed by atoms with Crippen molar-refractivity contribution in [1.82, 2.24) is 10.6 Å². The summed E-state index contributed by atoms with van der Waals surface area (Å²) in [4.78, 5) is 22.9. The Kier molecular flexibility index (Phi) is 5.41. The maximum atomic E-state index is 11.6. The minimum Gasteiger partial charge on any atom is -0.355 e. The highest BCUT2D eigenvalue weighted by atomic mass is 16.2. The number of amides is 2. The van der Waals surface area contributed by atoms with Gasteiger partial charge in [0.2, 0.25) is 11.8 Å². The predicted molar refractivity (Wildman–Crippen MR) is 66.3 cm³/mol. The Morgan fingerprint density at radius 2 is 1.82 bits per heavy atom. The molecule has 0 heterocycles. The Morgan fingerprint density at radius 1 is 1.18 bits per heavy atom. The zero-order valence-corrected chi connectivity index (χ0v) is 10.6. The molecule has 5 nitrogen and oxygen atoms in total. The van der Waals surface area contributed by atoms with E-state index in [9.17, 15) is 9.59 Å². The van der Waals surface area contributed by atoms with Crippen LogP contribution in [0.25, 0.3) is 0 Å². The van der Waals surface area contributed by atoms with Gasteiger partial charge in [-0.05, 0) is 19.3 Å². The minimum absolute atomic E-state index is 0.0505. The summed E-state index contributed by atoms with van der Waals surface area (Å²) in [7, 11) is 0. The lowest BCUT2D eigenvalue weighted by atomic mass is 9.94. The Bertz CT molecular complexity index is 273. The lowest BCUT2D eigenvalue weighted by molar-refractivity contribution is -0.126. The van der Waals surface area contributed by atoms with E-state index < -0.39 is 0 Å². The zero-order valence-electron chi connectivity index (χ0n) is 10.6. The molecule has 98 valence electrons. The van der Waals surface area contributed by atoms with Crippen LogP contribution in [0.1, 0.15) is 45.4 Å². The third-order valence-electron chi connectivity index (χ3n) is 3.13. The van der Waals surface area contributed by atoms with Crippen molar-refractivity contribution in [3.05, 3.63) is 0 Å². The van der Waals surface area contributed by atoms with Crippen molar-refractivity contribution in [3.63, 3.8) is 0 Å². The predicted octanol–water partition coefficient (Wildman–Crippen LogP) is 0.290. The Morgan fingerprint density at radius 3 is 2.41 bits per heavy atom. The van der Waals surface area contributed by atoms with Gasteiger partial charge in [0.15, 0.2) is 0 Å². The van der Waals surface area contributed by atoms with E-state index in [0.29, 0.717) is 13.0 Å². The summed E-state index contributed by atoms with van der Waals surface area (Å²) in [6.07, 6.45) is 5.23. The molecule has 0 aromatic carbocycles. The first-order valence-corrected chi connectivity index (χ1v) is 6.38. The molecule has 0 unspecified atom stereocenters. The van der Waals surface area contributed by atoms with E-state index >= 15 is 0 Å². The molecule has 4 N–H and O–H groups in total. The fraction of sp³-hybridized carbons (Fsp3) is 0.833. The molecule has 0 bridgehead atoms. The van der Waals surface area contributed by atoms with E-state index in [2.05, 4.69) is 10.6 Å². The molecule has 1 rings (SSSR count). The number of nitrogens with one attached hydrogen (secondary N) is 2. The summed E-state index contributed by atoms with van der Waals surface area (Å²) in [6, 6.07) is 0. The van der Waals surface area contributed by atoms with Crippen LogP contribution >= 0.6 is 0 Å². The second kappa shape index (κ2) is 6.59. The molecule has 1 aliphatic carbocycles. The van der Waals surface area contributed by atoms with Gasteiger partial charge in [-0.2, -0.15) is 0 Å². The SMILES string of the molecule is CCCNC(=O)CNC(=O)CC1(N)CCCC1. The first kappa shape index (κ1) is 14.0. The Hall–Kier alpha value is -1.10. The van der Waals surface area contributed by atoms with Gasteiger partial charge in [-0.3, -0.25) is 9.59 Å². The molecule has 0 saturated heterocycles. The molecule has 2 amide bonds. The number of carbonyl (C=O) groups excluding carboxylic acids is 2. The summed E-state index contributed by atoms with van der Waals surface area (Å²) in [5, 5.41) is 5.32. The molecule has 1 aliphatic rings. The molecule has 1 saturated carbocycles. The van der Waals surface area contributed by atoms with E-state index in [1.165, 1.54) is 0 Å². The molecule has 5 heteroatoms. The summed E-state index contributed by atoms with van der Waals surface area (Å²) in [6.45, 7) is 2.68. The van der Waals surface area contributed by atoms with Crippen LogP contribution in [0.4, 0.5) is 0 Å². The van der Waals surface area contributed by atoms with Gasteiger partial charge in [0.25, 0.3) is 0 Å². The van der Waals surface area contributed by atoms with Gasteiger partial charge >= 0.3 is 0 Å². The Labute approximate surface area is 103 Å². The van der Waals surface area contributed by atoms with Gasteiger partial charge in [-0.15, -0.1) is 0 Å². The van der Waals surface area contributed by atoms with Crippen LogP contribution < -0.4 is 16.4 Å². The molecule has 0 spiro atoms. The normalized spacial score (nSPS) is 17.8. The van der Waals surface area contributed by atoms with Crippen LogP contribution in [0.15, 0.2) is 0 Å². The molecular weight excluding hydrogens is 218 g/mol. The molecule has 0 radical (unpaired) electrons. The van der Waals surface area contributed by atoms with Crippen molar-refractivity contribution in [2.45, 2.75) is 51.0 Å². The third-order valence-corrected chi connectivity index (χ3v) is 3.13. The van der Waals surface area contributed by atoms with Gasteiger partial charge in [0, 0.05) is 18.5 Å². The zero-order chi connectivity index (χ0) is 12.7. The number of carbonyl (C=O) groups is 2. The second-order valence-electron chi connectivity index (χ2n) is 4.87. The topological polar surface area (TPSA) is 84.2 Å². The monoisotopic (exact) mass is 241 g/mol. The van der Waals surface area contributed by atoms with Crippen LogP contribution in [-0.4, -0.2) is 30.4 Å². The largest absolute Gasteiger partial charge is 0.355 e. The maximum Gasteiger partial charge on any atom is 0.239 e. The van der Waals surface area contributed by atoms with Crippen molar-refractivity contribution < 1.29 is 9.59 Å². The van der Waals surface area contributed by atoms with Crippen molar-refractivity contribution in [2.24, 2.45) is 5.73 Å². The number of nitrogens with two attached hydrogens (primary N) is 1. The van der Waals surface area contributed by atoms with E-state index in [4.69, 9.17) is 5.73 Å². The minimum atomic E-state index is -0.343. The van der Waals surface area contributed by atoms with Gasteiger partial charge in [0.1, 0.15) is 0 Å². The van der Waals surface area contributed by atoms with Crippen LogP contribution in [0.3, 0.4) is 0 Å². The number of rotatable bonds is 6. The highest BCUT2D eigenvalue weighted by Crippen LogP contribution is 2.29. The third kappa shape index (κ3) is 5.17. The van der Waals surface area contributed by atoms with Gasteiger partial charge in [-0.25, -0.2) is 0 Å². The molecule has 0 aliphatic heterocycles. The molecule has 0 atom stereocenters. The number of hydrogen-bond acceptors (Lipinski definition) is 3. The van der Waals surface area contributed by atoms with E-state index in [1.54, 1.807) is 0 Å². The average Bonchev–Trinajstić information content (AvgIpc) is 2.70. The first-order valence-electron chi connectivity index (χ1n) is 6.38. The van der Waals surface area contributed by atoms with Crippen LogP contribution in [0.2, 0.25) is 0 Å².